The molecule has 0 saturated heterocycles. The molecule has 1 aliphatic rings. The molecular weight excluding hydrogens is 332 g/mol. The second kappa shape index (κ2) is 8.77. The van der Waals surface area contributed by atoms with Crippen LogP contribution in [0.2, 0.25) is 0 Å². The first-order chi connectivity index (χ1) is 12.2. The second-order valence-electron chi connectivity index (χ2n) is 6.32. The minimum absolute atomic E-state index is 0.0540. The summed E-state index contributed by atoms with van der Waals surface area (Å²) < 4.78 is 5.37. The van der Waals surface area contributed by atoms with Crippen LogP contribution in [-0.2, 0) is 14.3 Å². The van der Waals surface area contributed by atoms with Crippen molar-refractivity contribution >= 4 is 34.7 Å². The number of esters is 1. The Bertz CT molecular complexity index is 726. The van der Waals surface area contributed by atoms with Crippen LogP contribution in [0.5, 0.6) is 0 Å². The van der Waals surface area contributed by atoms with Gasteiger partial charge >= 0.3 is 5.97 Å². The fourth-order valence-electron chi connectivity index (χ4n) is 3.14. The Kier molecular flexibility index (Phi) is 6.18. The fourth-order valence-corrected chi connectivity index (χ4v) is 3.87. The molecule has 1 saturated carbocycles. The van der Waals surface area contributed by atoms with Gasteiger partial charge in [-0.2, -0.15) is 0 Å². The van der Waals surface area contributed by atoms with Crippen LogP contribution in [-0.4, -0.2) is 18.4 Å². The number of thiophene rings is 1. The zero-order chi connectivity index (χ0) is 17.5. The third kappa shape index (κ3) is 4.89. The van der Waals surface area contributed by atoms with Crippen molar-refractivity contribution in [3.63, 3.8) is 0 Å². The van der Waals surface area contributed by atoms with Gasteiger partial charge in [0.05, 0.1) is 5.57 Å². The van der Waals surface area contributed by atoms with Crippen LogP contribution in [0.25, 0.3) is 11.6 Å². The predicted molar refractivity (Wildman–Crippen MR) is 101 cm³/mol. The van der Waals surface area contributed by atoms with Crippen molar-refractivity contribution in [1.29, 1.82) is 0 Å². The van der Waals surface area contributed by atoms with E-state index < -0.39 is 5.97 Å². The molecule has 3 rings (SSSR count). The molecule has 0 amide bonds. The summed E-state index contributed by atoms with van der Waals surface area (Å²) in [5, 5.41) is 1.93. The summed E-state index contributed by atoms with van der Waals surface area (Å²) in [7, 11) is 0. The van der Waals surface area contributed by atoms with E-state index in [1.54, 1.807) is 0 Å². The molecule has 1 heterocycles. The number of hydrogen-bond donors (Lipinski definition) is 0. The minimum atomic E-state index is -0.435. The van der Waals surface area contributed by atoms with Gasteiger partial charge < -0.3 is 4.74 Å². The summed E-state index contributed by atoms with van der Waals surface area (Å²) in [6.45, 7) is -0.124. The normalized spacial score (nSPS) is 15.8. The topological polar surface area (TPSA) is 43.4 Å². The van der Waals surface area contributed by atoms with E-state index in [0.29, 0.717) is 5.57 Å². The van der Waals surface area contributed by atoms with Crippen LogP contribution in [0.4, 0.5) is 0 Å². The van der Waals surface area contributed by atoms with E-state index in [0.717, 1.165) is 36.1 Å². The van der Waals surface area contributed by atoms with E-state index in [-0.39, 0.29) is 18.3 Å². The largest absolute Gasteiger partial charge is 0.454 e. The van der Waals surface area contributed by atoms with Gasteiger partial charge in [0.15, 0.2) is 12.4 Å². The van der Waals surface area contributed by atoms with E-state index in [1.165, 1.54) is 17.8 Å². The predicted octanol–water partition coefficient (Wildman–Crippen LogP) is 4.98. The number of carbonyl (C=O) groups is 2. The molecule has 1 aliphatic carbocycles. The molecule has 0 aliphatic heterocycles. The average molecular weight is 354 g/mol. The molecule has 1 aromatic heterocycles. The second-order valence-corrected chi connectivity index (χ2v) is 7.27. The van der Waals surface area contributed by atoms with Gasteiger partial charge in [-0.05, 0) is 35.9 Å². The first-order valence-corrected chi connectivity index (χ1v) is 9.62. The van der Waals surface area contributed by atoms with Crippen molar-refractivity contribution in [2.45, 2.75) is 32.1 Å². The van der Waals surface area contributed by atoms with Gasteiger partial charge in [0.2, 0.25) is 0 Å². The summed E-state index contributed by atoms with van der Waals surface area (Å²) in [6, 6.07) is 13.5. The Hall–Kier alpha value is -2.20. The molecular formula is C21H22O3S. The van der Waals surface area contributed by atoms with Crippen molar-refractivity contribution in [1.82, 2.24) is 0 Å². The first-order valence-electron chi connectivity index (χ1n) is 8.74. The lowest BCUT2D eigenvalue weighted by molar-refractivity contribution is -0.143. The first kappa shape index (κ1) is 17.6. The number of rotatable bonds is 6. The zero-order valence-corrected chi connectivity index (χ0v) is 15.0. The molecule has 130 valence electrons. The van der Waals surface area contributed by atoms with Crippen LogP contribution in [0, 0.1) is 5.92 Å². The SMILES string of the molecule is O=C(OCC(=O)C1CCCCC1)/C(=C/c1ccccc1)c1cccs1. The number of ketones is 1. The average Bonchev–Trinajstić information content (AvgIpc) is 3.20. The number of carbonyl (C=O) groups excluding carboxylic acids is 2. The number of Topliss-reactive ketones (excluding diaryl/α,β-unsaturated/α-hetero) is 1. The summed E-state index contributed by atoms with van der Waals surface area (Å²) in [5.41, 5.74) is 1.43. The quantitative estimate of drug-likeness (QED) is 0.543. The summed E-state index contributed by atoms with van der Waals surface area (Å²) >= 11 is 1.49. The zero-order valence-electron chi connectivity index (χ0n) is 14.1. The third-order valence-corrected chi connectivity index (χ3v) is 5.43. The maximum Gasteiger partial charge on any atom is 0.340 e. The van der Waals surface area contributed by atoms with Crippen molar-refractivity contribution in [2.24, 2.45) is 5.92 Å². The van der Waals surface area contributed by atoms with Gasteiger partial charge in [0.1, 0.15) is 0 Å². The molecule has 0 spiro atoms. The molecule has 2 aromatic rings. The van der Waals surface area contributed by atoms with Gasteiger partial charge in [-0.25, -0.2) is 4.79 Å². The summed E-state index contributed by atoms with van der Waals surface area (Å²) in [6.07, 6.45) is 7.06. The van der Waals surface area contributed by atoms with Gasteiger partial charge in [-0.1, -0.05) is 55.7 Å². The maximum absolute atomic E-state index is 12.6. The van der Waals surface area contributed by atoms with Gasteiger partial charge in [-0.3, -0.25) is 4.79 Å². The Morgan fingerprint density at radius 3 is 2.48 bits per heavy atom. The number of ether oxygens (including phenoxy) is 1. The highest BCUT2D eigenvalue weighted by Gasteiger charge is 2.23. The van der Waals surface area contributed by atoms with Crippen LogP contribution >= 0.6 is 11.3 Å². The van der Waals surface area contributed by atoms with E-state index in [4.69, 9.17) is 4.74 Å². The Morgan fingerprint density at radius 2 is 1.80 bits per heavy atom. The Balaban J connectivity index is 1.69. The highest BCUT2D eigenvalue weighted by atomic mass is 32.1. The smallest absolute Gasteiger partial charge is 0.340 e. The molecule has 1 fully saturated rings. The minimum Gasteiger partial charge on any atom is -0.454 e. The lowest BCUT2D eigenvalue weighted by Crippen LogP contribution is -2.24. The van der Waals surface area contributed by atoms with Crippen LogP contribution in [0.1, 0.15) is 42.5 Å². The van der Waals surface area contributed by atoms with Crippen molar-refractivity contribution in [2.75, 3.05) is 6.61 Å². The highest BCUT2D eigenvalue weighted by molar-refractivity contribution is 7.11. The summed E-state index contributed by atoms with van der Waals surface area (Å²) in [5.74, 6) is -0.321. The maximum atomic E-state index is 12.6. The Morgan fingerprint density at radius 1 is 1.04 bits per heavy atom. The lowest BCUT2D eigenvalue weighted by Gasteiger charge is -2.20. The van der Waals surface area contributed by atoms with Gasteiger partial charge in [-0.15, -0.1) is 11.3 Å². The summed E-state index contributed by atoms with van der Waals surface area (Å²) in [4.78, 5) is 25.7. The van der Waals surface area contributed by atoms with Crippen LogP contribution in [0.3, 0.4) is 0 Å². The molecule has 3 nitrogen and oxygen atoms in total. The molecule has 25 heavy (non-hydrogen) atoms. The van der Waals surface area contributed by atoms with Gasteiger partial charge in [0.25, 0.3) is 0 Å². The monoisotopic (exact) mass is 354 g/mol. The highest BCUT2D eigenvalue weighted by Crippen LogP contribution is 2.26. The van der Waals surface area contributed by atoms with Gasteiger partial charge in [0, 0.05) is 10.8 Å². The molecule has 0 bridgehead atoms. The molecule has 1 aromatic carbocycles. The molecule has 0 radical (unpaired) electrons. The number of hydrogen-bond acceptors (Lipinski definition) is 4. The fraction of sp³-hybridized carbons (Fsp3) is 0.333. The van der Waals surface area contributed by atoms with E-state index in [1.807, 2.05) is 53.9 Å². The van der Waals surface area contributed by atoms with Crippen LogP contribution < -0.4 is 0 Å². The third-order valence-electron chi connectivity index (χ3n) is 4.52. The lowest BCUT2D eigenvalue weighted by atomic mass is 9.86. The van der Waals surface area contributed by atoms with Crippen molar-refractivity contribution in [3.8, 4) is 0 Å². The molecule has 0 N–H and O–H groups in total. The van der Waals surface area contributed by atoms with Crippen molar-refractivity contribution < 1.29 is 14.3 Å². The Labute approximate surface area is 152 Å². The molecule has 0 unspecified atom stereocenters. The van der Waals surface area contributed by atoms with Crippen molar-refractivity contribution in [3.05, 3.63) is 58.3 Å². The standard InChI is InChI=1S/C21H22O3S/c22-19(17-10-5-2-6-11-17)15-24-21(23)18(20-12-7-13-25-20)14-16-8-3-1-4-9-16/h1,3-4,7-9,12-14,17H,2,5-6,10-11,15H2/b18-14+. The number of benzene rings is 1. The molecule has 0 atom stereocenters. The molecule has 4 heteroatoms. The van der Waals surface area contributed by atoms with E-state index in [2.05, 4.69) is 0 Å². The van der Waals surface area contributed by atoms with E-state index >= 15 is 0 Å². The van der Waals surface area contributed by atoms with E-state index in [9.17, 15) is 9.59 Å². The van der Waals surface area contributed by atoms with Crippen LogP contribution in [0.15, 0.2) is 47.8 Å².